The molecule has 4 aromatic rings. The molecule has 1 amide bonds. The average Bonchev–Trinajstić information content (AvgIpc) is 3.24. The van der Waals surface area contributed by atoms with E-state index in [0.717, 1.165) is 48.5 Å². The van der Waals surface area contributed by atoms with E-state index >= 15 is 0 Å². The van der Waals surface area contributed by atoms with E-state index in [4.69, 9.17) is 11.6 Å². The number of aromatic nitrogens is 3. The molecule has 8 heteroatoms. The minimum absolute atomic E-state index is 0.0148. The number of benzene rings is 2. The van der Waals surface area contributed by atoms with Gasteiger partial charge in [0.25, 0.3) is 0 Å². The summed E-state index contributed by atoms with van der Waals surface area (Å²) in [5.41, 5.74) is 3.20. The molecule has 6 nitrogen and oxygen atoms in total. The molecule has 3 heterocycles. The topological polar surface area (TPSA) is 62.5 Å². The number of halogens is 2. The van der Waals surface area contributed by atoms with Crippen LogP contribution in [0.2, 0.25) is 5.02 Å². The molecule has 5 rings (SSSR count). The van der Waals surface area contributed by atoms with Crippen LogP contribution in [0, 0.1) is 11.7 Å². The van der Waals surface area contributed by atoms with Gasteiger partial charge in [0.05, 0.1) is 5.69 Å². The van der Waals surface area contributed by atoms with Crippen LogP contribution in [0.1, 0.15) is 12.8 Å². The molecule has 2 aromatic heterocycles. The summed E-state index contributed by atoms with van der Waals surface area (Å²) in [7, 11) is 0. The second kappa shape index (κ2) is 8.59. The van der Waals surface area contributed by atoms with Crippen molar-refractivity contribution in [1.82, 2.24) is 14.6 Å². The Bertz CT molecular complexity index is 1270. The molecule has 0 aliphatic carbocycles. The second-order valence-electron chi connectivity index (χ2n) is 7.88. The third-order valence-electron chi connectivity index (χ3n) is 5.77. The first kappa shape index (κ1) is 20.5. The highest BCUT2D eigenvalue weighted by atomic mass is 35.5. The molecule has 0 atom stereocenters. The van der Waals surface area contributed by atoms with Gasteiger partial charge in [0.15, 0.2) is 5.82 Å². The molecule has 1 fully saturated rings. The molecule has 162 valence electrons. The normalized spacial score (nSPS) is 14.6. The van der Waals surface area contributed by atoms with Crippen LogP contribution in [0.3, 0.4) is 0 Å². The predicted molar refractivity (Wildman–Crippen MR) is 123 cm³/mol. The van der Waals surface area contributed by atoms with E-state index in [0.29, 0.717) is 10.7 Å². The SMILES string of the molecule is O=C(Nc1cccc(Cl)c1)C1CCN(c2nccn3nc(-c4ccc(F)cc4)cc23)CC1. The highest BCUT2D eigenvalue weighted by Gasteiger charge is 2.27. The number of carbonyl (C=O) groups excluding carboxylic acids is 1. The molecule has 0 saturated carbocycles. The Balaban J connectivity index is 1.30. The molecule has 0 radical (unpaired) electrons. The van der Waals surface area contributed by atoms with Crippen LogP contribution < -0.4 is 10.2 Å². The molecule has 1 saturated heterocycles. The second-order valence-corrected chi connectivity index (χ2v) is 8.31. The third-order valence-corrected chi connectivity index (χ3v) is 6.00. The number of hydrogen-bond acceptors (Lipinski definition) is 4. The quantitative estimate of drug-likeness (QED) is 0.474. The molecule has 32 heavy (non-hydrogen) atoms. The van der Waals surface area contributed by atoms with E-state index in [1.165, 1.54) is 12.1 Å². The maximum Gasteiger partial charge on any atom is 0.227 e. The molecule has 0 spiro atoms. The number of piperidine rings is 1. The lowest BCUT2D eigenvalue weighted by atomic mass is 9.95. The Morgan fingerprint density at radius 2 is 1.88 bits per heavy atom. The van der Waals surface area contributed by atoms with E-state index in [-0.39, 0.29) is 17.6 Å². The lowest BCUT2D eigenvalue weighted by Crippen LogP contribution is -2.38. The van der Waals surface area contributed by atoms with E-state index in [1.54, 1.807) is 41.2 Å². The highest BCUT2D eigenvalue weighted by molar-refractivity contribution is 6.30. The number of fused-ring (bicyclic) bond motifs is 1. The first-order chi connectivity index (χ1) is 15.6. The van der Waals surface area contributed by atoms with Gasteiger partial charge in [0, 0.05) is 47.7 Å². The van der Waals surface area contributed by atoms with Crippen LogP contribution >= 0.6 is 11.6 Å². The van der Waals surface area contributed by atoms with Crippen LogP contribution in [0.25, 0.3) is 16.8 Å². The van der Waals surface area contributed by atoms with Crippen LogP contribution in [-0.2, 0) is 4.79 Å². The van der Waals surface area contributed by atoms with Crippen molar-refractivity contribution in [3.05, 3.63) is 77.8 Å². The molecule has 1 N–H and O–H groups in total. The number of amides is 1. The highest BCUT2D eigenvalue weighted by Crippen LogP contribution is 2.29. The van der Waals surface area contributed by atoms with Gasteiger partial charge in [-0.15, -0.1) is 0 Å². The fourth-order valence-corrected chi connectivity index (χ4v) is 4.27. The Kier molecular flexibility index (Phi) is 5.49. The van der Waals surface area contributed by atoms with Crippen LogP contribution in [0.15, 0.2) is 67.0 Å². The zero-order valence-electron chi connectivity index (χ0n) is 17.2. The lowest BCUT2D eigenvalue weighted by Gasteiger charge is -2.32. The molecule has 1 aliphatic heterocycles. The van der Waals surface area contributed by atoms with Crippen molar-refractivity contribution in [2.24, 2.45) is 5.92 Å². The summed E-state index contributed by atoms with van der Waals surface area (Å²) in [5, 5.41) is 8.18. The minimum Gasteiger partial charge on any atom is -0.355 e. The third kappa shape index (κ3) is 4.16. The Morgan fingerprint density at radius 3 is 2.62 bits per heavy atom. The predicted octanol–water partition coefficient (Wildman–Crippen LogP) is 5.04. The summed E-state index contributed by atoms with van der Waals surface area (Å²) in [4.78, 5) is 19.5. The molecular formula is C24H21ClFN5O. The fourth-order valence-electron chi connectivity index (χ4n) is 4.08. The van der Waals surface area contributed by atoms with Gasteiger partial charge in [0.1, 0.15) is 11.3 Å². The average molecular weight is 450 g/mol. The van der Waals surface area contributed by atoms with Gasteiger partial charge in [-0.25, -0.2) is 13.9 Å². The summed E-state index contributed by atoms with van der Waals surface area (Å²) in [6.45, 7) is 1.44. The van der Waals surface area contributed by atoms with Gasteiger partial charge >= 0.3 is 0 Å². The number of hydrogen-bond donors (Lipinski definition) is 1. The van der Waals surface area contributed by atoms with Gasteiger partial charge in [-0.1, -0.05) is 17.7 Å². The Labute approximate surface area is 189 Å². The zero-order valence-corrected chi connectivity index (χ0v) is 18.0. The molecule has 0 bridgehead atoms. The number of nitrogens with one attached hydrogen (secondary N) is 1. The maximum atomic E-state index is 13.3. The summed E-state index contributed by atoms with van der Waals surface area (Å²) < 4.78 is 15.1. The van der Waals surface area contributed by atoms with Crippen LogP contribution in [0.5, 0.6) is 0 Å². The van der Waals surface area contributed by atoms with Crippen LogP contribution in [0.4, 0.5) is 15.9 Å². The van der Waals surface area contributed by atoms with E-state index in [1.807, 2.05) is 18.2 Å². The number of rotatable bonds is 4. The fraction of sp³-hybridized carbons (Fsp3) is 0.208. The maximum absolute atomic E-state index is 13.3. The van der Waals surface area contributed by atoms with Crippen molar-refractivity contribution in [3.63, 3.8) is 0 Å². The first-order valence-electron chi connectivity index (χ1n) is 10.5. The van der Waals surface area contributed by atoms with E-state index < -0.39 is 0 Å². The van der Waals surface area contributed by atoms with E-state index in [2.05, 4.69) is 20.3 Å². The molecular weight excluding hydrogens is 429 g/mol. The monoisotopic (exact) mass is 449 g/mol. The number of carbonyl (C=O) groups is 1. The van der Waals surface area contributed by atoms with Gasteiger partial charge < -0.3 is 10.2 Å². The minimum atomic E-state index is -0.276. The summed E-state index contributed by atoms with van der Waals surface area (Å²) in [6.07, 6.45) is 4.99. The van der Waals surface area contributed by atoms with Crippen molar-refractivity contribution in [3.8, 4) is 11.3 Å². The van der Waals surface area contributed by atoms with Gasteiger partial charge in [0.2, 0.25) is 5.91 Å². The van der Waals surface area contributed by atoms with Crippen molar-refractivity contribution in [2.45, 2.75) is 12.8 Å². The Morgan fingerprint density at radius 1 is 1.09 bits per heavy atom. The summed E-state index contributed by atoms with van der Waals surface area (Å²) in [6, 6.07) is 15.4. The standard InChI is InChI=1S/C24H21ClFN5O/c25-18-2-1-3-20(14-18)28-24(32)17-8-11-30(12-9-17)23-22-15-21(29-31(22)13-10-27-23)16-4-6-19(26)7-5-16/h1-7,10,13-15,17H,8-9,11-12H2,(H,28,32). The lowest BCUT2D eigenvalue weighted by molar-refractivity contribution is -0.120. The van der Waals surface area contributed by atoms with Crippen molar-refractivity contribution in [1.29, 1.82) is 0 Å². The number of nitrogens with zero attached hydrogens (tertiary/aromatic N) is 4. The van der Waals surface area contributed by atoms with Gasteiger partial charge in [-0.2, -0.15) is 5.10 Å². The Hall–Kier alpha value is -3.45. The largest absolute Gasteiger partial charge is 0.355 e. The van der Waals surface area contributed by atoms with Gasteiger partial charge in [-0.05, 0) is 61.4 Å². The number of anilines is 2. The zero-order chi connectivity index (χ0) is 22.1. The summed E-state index contributed by atoms with van der Waals surface area (Å²) in [5.74, 6) is 0.509. The van der Waals surface area contributed by atoms with Crippen molar-refractivity contribution >= 4 is 34.5 Å². The van der Waals surface area contributed by atoms with Crippen molar-refractivity contribution in [2.75, 3.05) is 23.3 Å². The molecule has 0 unspecified atom stereocenters. The van der Waals surface area contributed by atoms with Gasteiger partial charge in [-0.3, -0.25) is 4.79 Å². The molecule has 1 aliphatic rings. The smallest absolute Gasteiger partial charge is 0.227 e. The van der Waals surface area contributed by atoms with Crippen LogP contribution in [-0.4, -0.2) is 33.6 Å². The molecule has 2 aromatic carbocycles. The first-order valence-corrected chi connectivity index (χ1v) is 10.9. The van der Waals surface area contributed by atoms with Crippen molar-refractivity contribution < 1.29 is 9.18 Å². The summed E-state index contributed by atoms with van der Waals surface area (Å²) >= 11 is 6.01. The van der Waals surface area contributed by atoms with E-state index in [9.17, 15) is 9.18 Å².